The van der Waals surface area contributed by atoms with Gasteiger partial charge in [-0.05, 0) is 32.4 Å². The van der Waals surface area contributed by atoms with Gasteiger partial charge in [0.1, 0.15) is 7.05 Å². The second kappa shape index (κ2) is 6.01. The van der Waals surface area contributed by atoms with E-state index >= 15 is 0 Å². The summed E-state index contributed by atoms with van der Waals surface area (Å²) in [5, 5.41) is 2.28. The molecule has 2 aliphatic heterocycles. The van der Waals surface area contributed by atoms with Crippen molar-refractivity contribution in [2.75, 3.05) is 12.1 Å². The average Bonchev–Trinajstić information content (AvgIpc) is 3.00. The third-order valence-electron chi connectivity index (χ3n) is 6.21. The Bertz CT molecular complexity index is 907. The first-order valence-corrected chi connectivity index (χ1v) is 9.44. The highest BCUT2D eigenvalue weighted by molar-refractivity contribution is 6.02. The van der Waals surface area contributed by atoms with E-state index in [0.29, 0.717) is 12.0 Å². The van der Waals surface area contributed by atoms with E-state index in [1.54, 1.807) is 0 Å². The Morgan fingerprint density at radius 2 is 1.73 bits per heavy atom. The number of rotatable bonds is 3. The molecule has 2 aromatic carbocycles. The average molecular weight is 346 g/mol. The highest BCUT2D eigenvalue weighted by Crippen LogP contribution is 2.40. The lowest BCUT2D eigenvalue weighted by molar-refractivity contribution is -0.401. The smallest absolute Gasteiger partial charge is 0.209 e. The number of nitrogens with zero attached hydrogens (tertiary/aromatic N) is 2. The summed E-state index contributed by atoms with van der Waals surface area (Å²) in [5.41, 5.74) is 10.2. The van der Waals surface area contributed by atoms with E-state index in [9.17, 15) is 0 Å². The molecule has 0 spiro atoms. The number of hydrazine groups is 1. The SMILES string of the molecule is CC1c2ccccc2N(NC=CC2=[N+](C)c3ccccc3C2(C)C)C1C. The van der Waals surface area contributed by atoms with Crippen LogP contribution in [0.4, 0.5) is 11.4 Å². The molecule has 4 rings (SSSR count). The van der Waals surface area contributed by atoms with Gasteiger partial charge >= 0.3 is 0 Å². The van der Waals surface area contributed by atoms with Crippen molar-refractivity contribution >= 4 is 17.1 Å². The zero-order chi connectivity index (χ0) is 18.5. The third-order valence-corrected chi connectivity index (χ3v) is 6.21. The van der Waals surface area contributed by atoms with Crippen LogP contribution < -0.4 is 10.4 Å². The van der Waals surface area contributed by atoms with Crippen LogP contribution >= 0.6 is 0 Å². The van der Waals surface area contributed by atoms with Crippen LogP contribution in [0.15, 0.2) is 60.8 Å². The Labute approximate surface area is 156 Å². The quantitative estimate of drug-likeness (QED) is 0.810. The molecule has 0 saturated carbocycles. The lowest BCUT2D eigenvalue weighted by Crippen LogP contribution is -2.40. The molecular formula is C23H28N3+. The predicted octanol–water partition coefficient (Wildman–Crippen LogP) is 4.72. The minimum atomic E-state index is 0.00531. The van der Waals surface area contributed by atoms with Crippen LogP contribution in [0.25, 0.3) is 0 Å². The normalized spacial score (nSPS) is 23.5. The number of nitrogens with one attached hydrogen (secondary N) is 1. The maximum atomic E-state index is 3.54. The minimum Gasteiger partial charge on any atom is -0.305 e. The van der Waals surface area contributed by atoms with Crippen LogP contribution in [0.5, 0.6) is 0 Å². The Kier molecular flexibility index (Phi) is 3.91. The van der Waals surface area contributed by atoms with Crippen molar-refractivity contribution in [3.63, 3.8) is 0 Å². The fraction of sp³-hybridized carbons (Fsp3) is 0.348. The fourth-order valence-corrected chi connectivity index (χ4v) is 4.48. The summed E-state index contributed by atoms with van der Waals surface area (Å²) in [7, 11) is 2.16. The molecule has 3 nitrogen and oxygen atoms in total. The number of allylic oxidation sites excluding steroid dienone is 1. The molecule has 2 aromatic rings. The summed E-state index contributed by atoms with van der Waals surface area (Å²) in [5.74, 6) is 0.523. The van der Waals surface area contributed by atoms with E-state index in [2.05, 4.69) is 111 Å². The fourth-order valence-electron chi connectivity index (χ4n) is 4.48. The number of para-hydroxylation sites is 2. The summed E-state index contributed by atoms with van der Waals surface area (Å²) < 4.78 is 2.30. The Morgan fingerprint density at radius 3 is 2.50 bits per heavy atom. The first kappa shape index (κ1) is 16.9. The number of hydrogen-bond acceptors (Lipinski definition) is 2. The van der Waals surface area contributed by atoms with Crippen LogP contribution in [0.2, 0.25) is 0 Å². The van der Waals surface area contributed by atoms with Gasteiger partial charge in [-0.25, -0.2) is 0 Å². The van der Waals surface area contributed by atoms with Gasteiger partial charge in [-0.15, -0.1) is 0 Å². The maximum absolute atomic E-state index is 3.54. The molecule has 3 heteroatoms. The molecule has 0 fully saturated rings. The zero-order valence-electron chi connectivity index (χ0n) is 16.3. The van der Waals surface area contributed by atoms with Crippen molar-refractivity contribution in [1.82, 2.24) is 5.43 Å². The molecule has 0 aliphatic carbocycles. The second-order valence-corrected chi connectivity index (χ2v) is 8.01. The summed E-state index contributed by atoms with van der Waals surface area (Å²) >= 11 is 0. The first-order chi connectivity index (χ1) is 12.4. The maximum Gasteiger partial charge on any atom is 0.209 e. The molecule has 0 bridgehead atoms. The Balaban J connectivity index is 1.60. The molecule has 2 heterocycles. The number of hydrogen-bond donors (Lipinski definition) is 1. The second-order valence-electron chi connectivity index (χ2n) is 8.01. The van der Waals surface area contributed by atoms with Gasteiger partial charge in [0.05, 0.1) is 17.1 Å². The Hall–Kier alpha value is -2.55. The van der Waals surface area contributed by atoms with Gasteiger partial charge in [0.15, 0.2) is 5.71 Å². The van der Waals surface area contributed by atoms with E-state index in [0.717, 1.165) is 0 Å². The predicted molar refractivity (Wildman–Crippen MR) is 109 cm³/mol. The molecule has 2 unspecified atom stereocenters. The third kappa shape index (κ3) is 2.38. The van der Waals surface area contributed by atoms with Gasteiger partial charge in [0, 0.05) is 29.8 Å². The lowest BCUT2D eigenvalue weighted by atomic mass is 9.81. The van der Waals surface area contributed by atoms with E-state index in [-0.39, 0.29) is 5.41 Å². The van der Waals surface area contributed by atoms with Crippen molar-refractivity contribution in [2.45, 2.75) is 45.1 Å². The minimum absolute atomic E-state index is 0.00531. The van der Waals surface area contributed by atoms with Crippen LogP contribution in [-0.4, -0.2) is 23.4 Å². The van der Waals surface area contributed by atoms with E-state index in [1.807, 2.05) is 0 Å². The van der Waals surface area contributed by atoms with Crippen LogP contribution in [0.1, 0.15) is 44.7 Å². The van der Waals surface area contributed by atoms with Gasteiger partial charge in [-0.1, -0.05) is 43.3 Å². The van der Waals surface area contributed by atoms with Crippen LogP contribution in [0, 0.1) is 0 Å². The Morgan fingerprint density at radius 1 is 1.04 bits per heavy atom. The van der Waals surface area contributed by atoms with Crippen molar-refractivity contribution in [3.8, 4) is 0 Å². The summed E-state index contributed by atoms with van der Waals surface area (Å²) in [6.07, 6.45) is 4.31. The number of benzene rings is 2. The van der Waals surface area contributed by atoms with Gasteiger partial charge in [0.2, 0.25) is 5.69 Å². The summed E-state index contributed by atoms with van der Waals surface area (Å²) in [4.78, 5) is 0. The molecule has 0 amide bonds. The molecule has 0 aromatic heterocycles. The van der Waals surface area contributed by atoms with Crippen LogP contribution in [0.3, 0.4) is 0 Å². The topological polar surface area (TPSA) is 18.3 Å². The van der Waals surface area contributed by atoms with E-state index < -0.39 is 0 Å². The van der Waals surface area contributed by atoms with Gasteiger partial charge < -0.3 is 5.43 Å². The number of fused-ring (bicyclic) bond motifs is 2. The van der Waals surface area contributed by atoms with Crippen molar-refractivity contribution in [1.29, 1.82) is 0 Å². The van der Waals surface area contributed by atoms with Crippen molar-refractivity contribution in [2.24, 2.45) is 0 Å². The highest BCUT2D eigenvalue weighted by Gasteiger charge is 2.42. The standard InChI is InChI=1S/C23H27N3/c1-16-17(2)26(20-12-8-6-10-18(16)20)24-15-14-22-23(3,4)19-11-7-9-13-21(19)25(22)5/h6-17H,1-5H3/p+1. The summed E-state index contributed by atoms with van der Waals surface area (Å²) in [6, 6.07) is 17.8. The van der Waals surface area contributed by atoms with Gasteiger partial charge in [-0.3, -0.25) is 5.01 Å². The van der Waals surface area contributed by atoms with Crippen molar-refractivity contribution in [3.05, 3.63) is 71.9 Å². The zero-order valence-corrected chi connectivity index (χ0v) is 16.3. The van der Waals surface area contributed by atoms with E-state index in [4.69, 9.17) is 0 Å². The molecule has 0 saturated heterocycles. The molecular weight excluding hydrogens is 318 g/mol. The molecule has 2 aliphatic rings. The first-order valence-electron chi connectivity index (χ1n) is 9.44. The summed E-state index contributed by atoms with van der Waals surface area (Å²) in [6.45, 7) is 9.17. The molecule has 134 valence electrons. The van der Waals surface area contributed by atoms with Crippen LogP contribution in [-0.2, 0) is 5.41 Å². The van der Waals surface area contributed by atoms with Gasteiger partial charge in [0.25, 0.3) is 0 Å². The molecule has 2 atom stereocenters. The monoisotopic (exact) mass is 346 g/mol. The molecule has 0 radical (unpaired) electrons. The largest absolute Gasteiger partial charge is 0.305 e. The van der Waals surface area contributed by atoms with E-state index in [1.165, 1.54) is 28.2 Å². The molecule has 1 N–H and O–H groups in total. The van der Waals surface area contributed by atoms with Gasteiger partial charge in [-0.2, -0.15) is 4.58 Å². The number of anilines is 1. The van der Waals surface area contributed by atoms with Crippen molar-refractivity contribution < 1.29 is 4.58 Å². The molecule has 26 heavy (non-hydrogen) atoms. The highest BCUT2D eigenvalue weighted by atomic mass is 15.5. The lowest BCUT2D eigenvalue weighted by Gasteiger charge is -2.26.